The number of aromatic nitrogens is 1. The number of halogens is 7. The lowest BCUT2D eigenvalue weighted by Crippen LogP contribution is -2.12. The Labute approximate surface area is 104 Å². The number of hydrogen-bond donors (Lipinski definition) is 0. The van der Waals surface area contributed by atoms with Crippen molar-refractivity contribution < 1.29 is 22.0 Å². The molecule has 1 rings (SSSR count). The zero-order valence-corrected chi connectivity index (χ0v) is 10.6. The maximum atomic E-state index is 12.6. The highest BCUT2D eigenvalue weighted by Crippen LogP contribution is 2.38. The predicted molar refractivity (Wildman–Crippen MR) is 54.5 cm³/mol. The Morgan fingerprint density at radius 3 is 2.25 bits per heavy atom. The van der Waals surface area contributed by atoms with Gasteiger partial charge in [0.15, 0.2) is 0 Å². The third-order valence-electron chi connectivity index (χ3n) is 1.70. The maximum absolute atomic E-state index is 12.6. The highest BCUT2D eigenvalue weighted by Gasteiger charge is 2.37. The van der Waals surface area contributed by atoms with E-state index in [2.05, 4.69) is 36.8 Å². The van der Waals surface area contributed by atoms with E-state index in [0.717, 1.165) is 0 Å². The van der Waals surface area contributed by atoms with Gasteiger partial charge >= 0.3 is 6.18 Å². The molecule has 90 valence electrons. The smallest absolute Gasteiger partial charge is 0.250 e. The summed E-state index contributed by atoms with van der Waals surface area (Å²) >= 11 is 5.42. The van der Waals surface area contributed by atoms with E-state index < -0.39 is 34.0 Å². The molecule has 0 bridgehead atoms. The molecule has 0 unspecified atom stereocenters. The number of pyridine rings is 1. The first-order valence-corrected chi connectivity index (χ1v) is 5.79. The van der Waals surface area contributed by atoms with Gasteiger partial charge in [-0.2, -0.15) is 13.2 Å². The van der Waals surface area contributed by atoms with Crippen LogP contribution in [0.25, 0.3) is 0 Å². The second kappa shape index (κ2) is 4.95. The molecule has 1 heterocycles. The number of hydrogen-bond acceptors (Lipinski definition) is 1. The molecule has 1 aromatic heterocycles. The summed E-state index contributed by atoms with van der Waals surface area (Å²) in [6.45, 7) is 0. The minimum atomic E-state index is -4.63. The van der Waals surface area contributed by atoms with Crippen LogP contribution in [0.4, 0.5) is 22.0 Å². The summed E-state index contributed by atoms with van der Waals surface area (Å²) in [6.07, 6.45) is -7.54. The van der Waals surface area contributed by atoms with E-state index in [-0.39, 0.29) is 5.33 Å². The second-order valence-corrected chi connectivity index (χ2v) is 4.20. The fraction of sp³-hybridized carbons (Fsp3) is 0.375. The van der Waals surface area contributed by atoms with E-state index in [9.17, 15) is 22.0 Å². The van der Waals surface area contributed by atoms with Gasteiger partial charge in [0.05, 0.1) is 11.3 Å². The maximum Gasteiger partial charge on any atom is 0.419 e. The molecular weight excluding hydrogens is 365 g/mol. The van der Waals surface area contributed by atoms with Crippen molar-refractivity contribution in [3.05, 3.63) is 27.5 Å². The summed E-state index contributed by atoms with van der Waals surface area (Å²) in [5.41, 5.74) is -2.18. The van der Waals surface area contributed by atoms with Crippen LogP contribution in [0.5, 0.6) is 0 Å². The first kappa shape index (κ1) is 13.8. The molecule has 0 aromatic carbocycles. The van der Waals surface area contributed by atoms with Crippen molar-refractivity contribution in [1.29, 1.82) is 0 Å². The van der Waals surface area contributed by atoms with Crippen LogP contribution < -0.4 is 0 Å². The highest BCUT2D eigenvalue weighted by molar-refractivity contribution is 9.10. The fourth-order valence-corrected chi connectivity index (χ4v) is 2.19. The van der Waals surface area contributed by atoms with Crippen LogP contribution in [-0.2, 0) is 11.5 Å². The van der Waals surface area contributed by atoms with E-state index in [1.54, 1.807) is 0 Å². The molecule has 0 fully saturated rings. The largest absolute Gasteiger partial charge is 0.419 e. The SMILES string of the molecule is FC(F)c1cc(Br)c(C(F)(F)F)c(CBr)n1. The van der Waals surface area contributed by atoms with Gasteiger partial charge in [0.1, 0.15) is 5.69 Å². The summed E-state index contributed by atoms with van der Waals surface area (Å²) in [6, 6.07) is 0.680. The monoisotopic (exact) mass is 367 g/mol. The average Bonchev–Trinajstić information content (AvgIpc) is 2.14. The molecule has 0 aliphatic carbocycles. The lowest BCUT2D eigenvalue weighted by molar-refractivity contribution is -0.139. The lowest BCUT2D eigenvalue weighted by atomic mass is 10.2. The minimum absolute atomic E-state index is 0.249. The summed E-state index contributed by atoms with van der Waals surface area (Å²) < 4.78 is 61.8. The molecule has 1 nitrogen and oxygen atoms in total. The molecule has 1 aromatic rings. The quantitative estimate of drug-likeness (QED) is 0.545. The Bertz CT molecular complexity index is 391. The fourth-order valence-electron chi connectivity index (χ4n) is 1.09. The Kier molecular flexibility index (Phi) is 4.28. The molecule has 0 radical (unpaired) electrons. The summed E-state index contributed by atoms with van der Waals surface area (Å²) in [5, 5.41) is -0.249. The molecule has 16 heavy (non-hydrogen) atoms. The van der Waals surface area contributed by atoms with Gasteiger partial charge in [-0.05, 0) is 6.07 Å². The Balaban J connectivity index is 3.41. The van der Waals surface area contributed by atoms with Crippen LogP contribution in [0.2, 0.25) is 0 Å². The van der Waals surface area contributed by atoms with Crippen molar-refractivity contribution in [2.45, 2.75) is 17.9 Å². The van der Waals surface area contributed by atoms with E-state index in [1.807, 2.05) is 0 Å². The van der Waals surface area contributed by atoms with Crippen molar-refractivity contribution in [3.63, 3.8) is 0 Å². The normalized spacial score (nSPS) is 12.2. The van der Waals surface area contributed by atoms with E-state index in [4.69, 9.17) is 0 Å². The Hall–Kier alpha value is -0.240. The first-order chi connectivity index (χ1) is 7.27. The molecule has 0 spiro atoms. The van der Waals surface area contributed by atoms with E-state index >= 15 is 0 Å². The van der Waals surface area contributed by atoms with E-state index in [1.165, 1.54) is 0 Å². The van der Waals surface area contributed by atoms with Gasteiger partial charge in [0.2, 0.25) is 0 Å². The average molecular weight is 369 g/mol. The lowest BCUT2D eigenvalue weighted by Gasteiger charge is -2.14. The van der Waals surface area contributed by atoms with Crippen molar-refractivity contribution in [2.75, 3.05) is 0 Å². The number of nitrogens with zero attached hydrogens (tertiary/aromatic N) is 1. The summed E-state index contributed by atoms with van der Waals surface area (Å²) in [4.78, 5) is 3.27. The number of alkyl halides is 6. The standard InChI is InChI=1S/C8H4Br2F5N/c9-2-5-6(8(13,14)15)3(10)1-4(16-5)7(11)12/h1,7H,2H2. The molecule has 0 saturated heterocycles. The van der Waals surface area contributed by atoms with Gasteiger partial charge < -0.3 is 0 Å². The Morgan fingerprint density at radius 1 is 1.31 bits per heavy atom. The summed E-state index contributed by atoms with van der Waals surface area (Å²) in [5.74, 6) is 0. The zero-order chi connectivity index (χ0) is 12.5. The van der Waals surface area contributed by atoms with Crippen molar-refractivity contribution >= 4 is 31.9 Å². The van der Waals surface area contributed by atoms with Crippen molar-refractivity contribution in [2.24, 2.45) is 0 Å². The molecule has 0 N–H and O–H groups in total. The molecule has 0 aliphatic rings. The van der Waals surface area contributed by atoms with Crippen LogP contribution in [0, 0.1) is 0 Å². The van der Waals surface area contributed by atoms with Gasteiger partial charge in [-0.15, -0.1) is 0 Å². The molecule has 0 amide bonds. The predicted octanol–water partition coefficient (Wildman–Crippen LogP) is 4.70. The summed E-state index contributed by atoms with van der Waals surface area (Å²) in [7, 11) is 0. The van der Waals surface area contributed by atoms with Crippen molar-refractivity contribution in [3.8, 4) is 0 Å². The van der Waals surface area contributed by atoms with Gasteiger partial charge in [-0.25, -0.2) is 8.78 Å². The van der Waals surface area contributed by atoms with Gasteiger partial charge in [0, 0.05) is 9.80 Å². The molecule has 0 atom stereocenters. The van der Waals surface area contributed by atoms with Crippen LogP contribution in [0.3, 0.4) is 0 Å². The third kappa shape index (κ3) is 2.91. The topological polar surface area (TPSA) is 12.9 Å². The number of rotatable bonds is 2. The van der Waals surface area contributed by atoms with Gasteiger partial charge in [-0.1, -0.05) is 31.9 Å². The second-order valence-electron chi connectivity index (χ2n) is 2.78. The van der Waals surface area contributed by atoms with Crippen molar-refractivity contribution in [1.82, 2.24) is 4.98 Å². The molecule has 0 saturated carbocycles. The van der Waals surface area contributed by atoms with Crippen LogP contribution in [0.15, 0.2) is 10.5 Å². The molecule has 8 heteroatoms. The zero-order valence-electron chi connectivity index (χ0n) is 7.45. The minimum Gasteiger partial charge on any atom is -0.250 e. The first-order valence-electron chi connectivity index (χ1n) is 3.88. The van der Waals surface area contributed by atoms with Gasteiger partial charge in [-0.3, -0.25) is 4.98 Å². The van der Waals surface area contributed by atoms with Crippen LogP contribution >= 0.6 is 31.9 Å². The third-order valence-corrected chi connectivity index (χ3v) is 2.86. The van der Waals surface area contributed by atoms with Gasteiger partial charge in [0.25, 0.3) is 6.43 Å². The molecule has 0 aliphatic heterocycles. The van der Waals surface area contributed by atoms with E-state index in [0.29, 0.717) is 6.07 Å². The van der Waals surface area contributed by atoms with Crippen LogP contribution in [-0.4, -0.2) is 4.98 Å². The Morgan fingerprint density at radius 2 is 1.88 bits per heavy atom. The molecular formula is C8H4Br2F5N. The highest BCUT2D eigenvalue weighted by atomic mass is 79.9. The van der Waals surface area contributed by atoms with Crippen LogP contribution in [0.1, 0.15) is 23.4 Å².